The van der Waals surface area contributed by atoms with E-state index in [1.807, 2.05) is 0 Å². The molecule has 2 rings (SSSR count). The van der Waals surface area contributed by atoms with Crippen LogP contribution < -0.4 is 4.90 Å². The third kappa shape index (κ3) is 3.15. The molecule has 0 atom stereocenters. The van der Waals surface area contributed by atoms with Gasteiger partial charge in [0.2, 0.25) is 0 Å². The van der Waals surface area contributed by atoms with Crippen LogP contribution in [0.3, 0.4) is 0 Å². The van der Waals surface area contributed by atoms with Crippen molar-refractivity contribution in [2.45, 2.75) is 4.90 Å². The molecule has 0 aromatic heterocycles. The van der Waals surface area contributed by atoms with Crippen molar-refractivity contribution in [3.63, 3.8) is 0 Å². The molecule has 0 bridgehead atoms. The maximum Gasteiger partial charge on any atom is 0.0558 e. The Kier molecular flexibility index (Phi) is 4.71. The van der Waals surface area contributed by atoms with Gasteiger partial charge >= 0.3 is 0 Å². The Bertz CT molecular complexity index is 351. The summed E-state index contributed by atoms with van der Waals surface area (Å²) in [6, 6.07) is 8.58. The van der Waals surface area contributed by atoms with Gasteiger partial charge in [0.05, 0.1) is 12.3 Å². The van der Waals surface area contributed by atoms with Crippen molar-refractivity contribution in [1.29, 1.82) is 0 Å². The predicted molar refractivity (Wildman–Crippen MR) is 74.0 cm³/mol. The van der Waals surface area contributed by atoms with E-state index in [0.717, 1.165) is 32.7 Å². The second-order valence-electron chi connectivity index (χ2n) is 4.22. The lowest BCUT2D eigenvalue weighted by atomic mass is 10.2. The molecule has 0 amide bonds. The molecule has 1 heterocycles. The minimum atomic E-state index is 0.265. The Balaban J connectivity index is 2.00. The van der Waals surface area contributed by atoms with Crippen LogP contribution in [0.5, 0.6) is 0 Å². The molecule has 1 N–H and O–H groups in total. The lowest BCUT2D eigenvalue weighted by Gasteiger charge is -2.36. The summed E-state index contributed by atoms with van der Waals surface area (Å²) in [6.07, 6.45) is 2.13. The second kappa shape index (κ2) is 6.28. The summed E-state index contributed by atoms with van der Waals surface area (Å²) in [7, 11) is 0. The monoisotopic (exact) mass is 252 g/mol. The Hall–Kier alpha value is -0.710. The van der Waals surface area contributed by atoms with E-state index in [9.17, 15) is 0 Å². The molecule has 1 aliphatic rings. The van der Waals surface area contributed by atoms with Gasteiger partial charge < -0.3 is 10.0 Å². The number of hydrogen-bond acceptors (Lipinski definition) is 4. The molecule has 17 heavy (non-hydrogen) atoms. The van der Waals surface area contributed by atoms with Crippen LogP contribution in [0.1, 0.15) is 0 Å². The number of anilines is 1. The van der Waals surface area contributed by atoms with E-state index in [4.69, 9.17) is 5.11 Å². The number of benzene rings is 1. The van der Waals surface area contributed by atoms with Gasteiger partial charge in [-0.2, -0.15) is 0 Å². The Morgan fingerprint density at radius 1 is 1.18 bits per heavy atom. The third-order valence-corrected chi connectivity index (χ3v) is 4.00. The number of thioether (sulfide) groups is 1. The van der Waals surface area contributed by atoms with E-state index < -0.39 is 0 Å². The SMILES string of the molecule is CSc1ccccc1N1CCN(CCO)CC1. The lowest BCUT2D eigenvalue weighted by molar-refractivity contribution is 0.188. The zero-order chi connectivity index (χ0) is 12.1. The van der Waals surface area contributed by atoms with Crippen LogP contribution in [0.25, 0.3) is 0 Å². The molecule has 1 fully saturated rings. The number of hydrogen-bond donors (Lipinski definition) is 1. The van der Waals surface area contributed by atoms with Crippen molar-refractivity contribution in [2.24, 2.45) is 0 Å². The molecule has 1 aromatic carbocycles. The lowest BCUT2D eigenvalue weighted by Crippen LogP contribution is -2.47. The summed E-state index contributed by atoms with van der Waals surface area (Å²) < 4.78 is 0. The average Bonchev–Trinajstić information content (AvgIpc) is 2.40. The highest BCUT2D eigenvalue weighted by Gasteiger charge is 2.18. The number of rotatable bonds is 4. The molecule has 94 valence electrons. The first-order chi connectivity index (χ1) is 8.35. The first-order valence-corrected chi connectivity index (χ1v) is 7.29. The third-order valence-electron chi connectivity index (χ3n) is 3.21. The van der Waals surface area contributed by atoms with Crippen LogP contribution in [0.2, 0.25) is 0 Å². The molecule has 3 nitrogen and oxygen atoms in total. The maximum absolute atomic E-state index is 8.93. The van der Waals surface area contributed by atoms with E-state index >= 15 is 0 Å². The molecule has 1 aromatic rings. The highest BCUT2D eigenvalue weighted by Crippen LogP contribution is 2.28. The van der Waals surface area contributed by atoms with Crippen LogP contribution >= 0.6 is 11.8 Å². The van der Waals surface area contributed by atoms with Crippen molar-refractivity contribution in [3.8, 4) is 0 Å². The van der Waals surface area contributed by atoms with Crippen molar-refractivity contribution < 1.29 is 5.11 Å². The van der Waals surface area contributed by atoms with Gasteiger partial charge in [-0.05, 0) is 18.4 Å². The molecular formula is C13H20N2OS. The van der Waals surface area contributed by atoms with Gasteiger partial charge in [0.25, 0.3) is 0 Å². The number of nitrogens with zero attached hydrogens (tertiary/aromatic N) is 2. The van der Waals surface area contributed by atoms with Crippen LogP contribution in [-0.2, 0) is 0 Å². The first-order valence-electron chi connectivity index (χ1n) is 6.06. The zero-order valence-corrected chi connectivity index (χ0v) is 11.1. The summed E-state index contributed by atoms with van der Waals surface area (Å²) in [5, 5.41) is 8.93. The topological polar surface area (TPSA) is 26.7 Å². The van der Waals surface area contributed by atoms with Crippen LogP contribution in [0.4, 0.5) is 5.69 Å². The van der Waals surface area contributed by atoms with Gasteiger partial charge in [-0.1, -0.05) is 12.1 Å². The molecule has 1 aliphatic heterocycles. The number of piperazine rings is 1. The Labute approximate surface area is 107 Å². The van der Waals surface area contributed by atoms with E-state index in [1.54, 1.807) is 11.8 Å². The zero-order valence-electron chi connectivity index (χ0n) is 10.3. The van der Waals surface area contributed by atoms with Crippen molar-refractivity contribution in [2.75, 3.05) is 50.5 Å². The predicted octanol–water partition coefficient (Wildman–Crippen LogP) is 1.52. The largest absolute Gasteiger partial charge is 0.395 e. The Morgan fingerprint density at radius 3 is 2.53 bits per heavy atom. The maximum atomic E-state index is 8.93. The van der Waals surface area contributed by atoms with Crippen molar-refractivity contribution in [1.82, 2.24) is 4.90 Å². The van der Waals surface area contributed by atoms with Gasteiger partial charge in [0, 0.05) is 37.6 Å². The highest BCUT2D eigenvalue weighted by atomic mass is 32.2. The molecular weight excluding hydrogens is 232 g/mol. The minimum absolute atomic E-state index is 0.265. The number of aliphatic hydroxyl groups is 1. The van der Waals surface area contributed by atoms with Gasteiger partial charge in [-0.3, -0.25) is 4.90 Å². The van der Waals surface area contributed by atoms with Gasteiger partial charge in [0.1, 0.15) is 0 Å². The van der Waals surface area contributed by atoms with Gasteiger partial charge in [-0.15, -0.1) is 11.8 Å². The van der Waals surface area contributed by atoms with Gasteiger partial charge in [0.15, 0.2) is 0 Å². The van der Waals surface area contributed by atoms with Crippen molar-refractivity contribution in [3.05, 3.63) is 24.3 Å². The fourth-order valence-electron chi connectivity index (χ4n) is 2.24. The summed E-state index contributed by atoms with van der Waals surface area (Å²) in [5.74, 6) is 0. The van der Waals surface area contributed by atoms with E-state index in [0.29, 0.717) is 0 Å². The fraction of sp³-hybridized carbons (Fsp3) is 0.538. The molecule has 0 aliphatic carbocycles. The van der Waals surface area contributed by atoms with Crippen LogP contribution in [0.15, 0.2) is 29.2 Å². The quantitative estimate of drug-likeness (QED) is 0.822. The smallest absolute Gasteiger partial charge is 0.0558 e. The Morgan fingerprint density at radius 2 is 1.88 bits per heavy atom. The summed E-state index contributed by atoms with van der Waals surface area (Å²) in [6.45, 7) is 5.26. The summed E-state index contributed by atoms with van der Waals surface area (Å²) in [4.78, 5) is 6.11. The number of β-amino-alcohol motifs (C(OH)–C–C–N with tert-alkyl or cyclic N) is 1. The number of aliphatic hydroxyl groups excluding tert-OH is 1. The molecule has 4 heteroatoms. The molecule has 1 saturated heterocycles. The standard InChI is InChI=1S/C13H20N2OS/c1-17-13-5-3-2-4-12(13)15-8-6-14(7-9-15)10-11-16/h2-5,16H,6-11H2,1H3. The second-order valence-corrected chi connectivity index (χ2v) is 5.07. The summed E-state index contributed by atoms with van der Waals surface area (Å²) >= 11 is 1.80. The van der Waals surface area contributed by atoms with Crippen LogP contribution in [-0.4, -0.2) is 55.6 Å². The summed E-state index contributed by atoms with van der Waals surface area (Å²) in [5.41, 5.74) is 1.35. The van der Waals surface area contributed by atoms with Crippen molar-refractivity contribution >= 4 is 17.4 Å². The van der Waals surface area contributed by atoms with E-state index in [-0.39, 0.29) is 6.61 Å². The highest BCUT2D eigenvalue weighted by molar-refractivity contribution is 7.98. The van der Waals surface area contributed by atoms with E-state index in [2.05, 4.69) is 40.3 Å². The average molecular weight is 252 g/mol. The number of para-hydroxylation sites is 1. The van der Waals surface area contributed by atoms with Gasteiger partial charge in [-0.25, -0.2) is 0 Å². The molecule has 0 saturated carbocycles. The minimum Gasteiger partial charge on any atom is -0.395 e. The molecule has 0 spiro atoms. The first kappa shape index (κ1) is 12.7. The fourth-order valence-corrected chi connectivity index (χ4v) is 2.87. The molecule has 0 unspecified atom stereocenters. The molecule has 0 radical (unpaired) electrons. The normalized spacial score (nSPS) is 17.4. The van der Waals surface area contributed by atoms with E-state index in [1.165, 1.54) is 10.6 Å². The van der Waals surface area contributed by atoms with Crippen LogP contribution in [0, 0.1) is 0 Å².